The summed E-state index contributed by atoms with van der Waals surface area (Å²) in [5.41, 5.74) is 0.00463. The van der Waals surface area contributed by atoms with Gasteiger partial charge in [-0.2, -0.15) is 3.89 Å². The predicted octanol–water partition coefficient (Wildman–Crippen LogP) is 1.94. The molecule has 0 spiro atoms. The van der Waals surface area contributed by atoms with Crippen molar-refractivity contribution in [1.82, 2.24) is 0 Å². The zero-order valence-electron chi connectivity index (χ0n) is 4.89. The second kappa shape index (κ2) is 5.72. The van der Waals surface area contributed by atoms with Gasteiger partial charge in [-0.3, -0.25) is 0 Å². The van der Waals surface area contributed by atoms with Crippen molar-refractivity contribution in [3.8, 4) is 0 Å². The van der Waals surface area contributed by atoms with E-state index in [9.17, 15) is 3.89 Å². The lowest BCUT2D eigenvalue weighted by Crippen LogP contribution is -2.06. The molecule has 0 saturated heterocycles. The van der Waals surface area contributed by atoms with E-state index in [1.165, 1.54) is 11.8 Å². The van der Waals surface area contributed by atoms with E-state index in [4.69, 9.17) is 4.74 Å². The fourth-order valence-electron chi connectivity index (χ4n) is 0.284. The van der Waals surface area contributed by atoms with Gasteiger partial charge >= 0.3 is 0 Å². The molecule has 0 radical (unpaired) electrons. The third-order valence-electron chi connectivity index (χ3n) is 0.725. The first-order valence-corrected chi connectivity index (χ1v) is 4.31. The van der Waals surface area contributed by atoms with E-state index >= 15 is 0 Å². The molecule has 50 valence electrons. The van der Waals surface area contributed by atoms with Gasteiger partial charge in [0.1, 0.15) is 5.44 Å². The maximum absolute atomic E-state index is 11.4. The summed E-state index contributed by atoms with van der Waals surface area (Å²) in [5, 5.41) is 0. The first-order valence-electron chi connectivity index (χ1n) is 2.14. The average Bonchev–Trinajstić information content (AvgIpc) is 1.83. The van der Waals surface area contributed by atoms with Gasteiger partial charge in [0.05, 0.1) is 5.75 Å². The molecular formula is C4H9FOS2. The van der Waals surface area contributed by atoms with Gasteiger partial charge in [-0.15, -0.1) is 11.8 Å². The fraction of sp³-hybridized carbons (Fsp3) is 1.00. The topological polar surface area (TPSA) is 9.23 Å². The molecule has 0 aliphatic rings. The van der Waals surface area contributed by atoms with Crippen molar-refractivity contribution in [3.05, 3.63) is 0 Å². The number of methoxy groups -OCH3 is 1. The Bertz CT molecular complexity index is 49.3. The Morgan fingerprint density at radius 1 is 1.75 bits per heavy atom. The molecule has 1 unspecified atom stereocenters. The van der Waals surface area contributed by atoms with Gasteiger partial charge in [0, 0.05) is 19.3 Å². The summed E-state index contributed by atoms with van der Waals surface area (Å²) < 4.78 is 16.3. The molecule has 1 atom stereocenters. The number of rotatable bonds is 4. The molecule has 0 saturated carbocycles. The average molecular weight is 156 g/mol. The molecule has 0 aliphatic carbocycles. The first kappa shape index (κ1) is 8.59. The molecule has 0 aromatic rings. The molecule has 0 aliphatic heterocycles. The molecule has 0 aromatic heterocycles. The van der Waals surface area contributed by atoms with Crippen LogP contribution in [0.15, 0.2) is 0 Å². The maximum atomic E-state index is 11.4. The van der Waals surface area contributed by atoms with Crippen molar-refractivity contribution in [1.29, 1.82) is 0 Å². The van der Waals surface area contributed by atoms with Gasteiger partial charge in [-0.05, 0) is 6.26 Å². The largest absolute Gasteiger partial charge is 0.370 e. The van der Waals surface area contributed by atoms with Crippen molar-refractivity contribution in [3.63, 3.8) is 0 Å². The fourth-order valence-corrected chi connectivity index (χ4v) is 1.41. The summed E-state index contributed by atoms with van der Waals surface area (Å²) in [6, 6.07) is 0. The van der Waals surface area contributed by atoms with E-state index in [1.807, 2.05) is 6.26 Å². The summed E-state index contributed by atoms with van der Waals surface area (Å²) in [6.45, 7) is 0. The molecule has 0 rings (SSSR count). The minimum Gasteiger partial charge on any atom is -0.370 e. The maximum Gasteiger partial charge on any atom is 0.114 e. The Morgan fingerprint density at radius 2 is 2.38 bits per heavy atom. The van der Waals surface area contributed by atoms with Crippen molar-refractivity contribution in [2.24, 2.45) is 0 Å². The molecule has 0 aromatic carbocycles. The summed E-state index contributed by atoms with van der Waals surface area (Å²) in [5.74, 6) is 0.414. The Balaban J connectivity index is 3.07. The zero-order chi connectivity index (χ0) is 6.41. The van der Waals surface area contributed by atoms with E-state index in [0.717, 1.165) is 0 Å². The third-order valence-corrected chi connectivity index (χ3v) is 2.25. The Kier molecular flexibility index (Phi) is 6.14. The molecule has 1 nitrogen and oxygen atoms in total. The molecule has 0 fully saturated rings. The van der Waals surface area contributed by atoms with Gasteiger partial charge in [-0.1, -0.05) is 0 Å². The van der Waals surface area contributed by atoms with E-state index < -0.39 is 0 Å². The van der Waals surface area contributed by atoms with Gasteiger partial charge in [-0.25, -0.2) is 0 Å². The second-order valence-electron chi connectivity index (χ2n) is 1.18. The van der Waals surface area contributed by atoms with Crippen LogP contribution in [0.25, 0.3) is 0 Å². The minimum absolute atomic E-state index is 0.00463. The summed E-state index contributed by atoms with van der Waals surface area (Å²) >= 11 is 1.82. The van der Waals surface area contributed by atoms with Gasteiger partial charge in [0.2, 0.25) is 0 Å². The van der Waals surface area contributed by atoms with E-state index in [0.29, 0.717) is 17.9 Å². The van der Waals surface area contributed by atoms with Gasteiger partial charge in [0.25, 0.3) is 0 Å². The highest BCUT2D eigenvalue weighted by Crippen LogP contribution is 2.13. The van der Waals surface area contributed by atoms with Crippen molar-refractivity contribution >= 4 is 23.9 Å². The Morgan fingerprint density at radius 3 is 2.50 bits per heavy atom. The Hall–Kier alpha value is 0.590. The first-order chi connectivity index (χ1) is 3.85. The second-order valence-corrected chi connectivity index (χ2v) is 2.73. The standard InChI is InChI=1S/C4H9FOS2/c1-6-4(7-2)3-8-5/h4H,3H2,1-2H3. The number of hydrogen-bond acceptors (Lipinski definition) is 3. The van der Waals surface area contributed by atoms with Crippen LogP contribution in [0.3, 0.4) is 0 Å². The molecule has 8 heavy (non-hydrogen) atoms. The summed E-state index contributed by atoms with van der Waals surface area (Å²) in [7, 11) is 1.58. The van der Waals surface area contributed by atoms with Crippen LogP contribution in [0.1, 0.15) is 0 Å². The lowest BCUT2D eigenvalue weighted by Gasteiger charge is -2.06. The van der Waals surface area contributed by atoms with Gasteiger partial charge in [0.15, 0.2) is 0 Å². The van der Waals surface area contributed by atoms with E-state index in [2.05, 4.69) is 0 Å². The highest BCUT2D eigenvalue weighted by molar-refractivity contribution is 8.01. The van der Waals surface area contributed by atoms with Crippen molar-refractivity contribution in [2.75, 3.05) is 19.1 Å². The van der Waals surface area contributed by atoms with Crippen LogP contribution in [-0.2, 0) is 4.74 Å². The van der Waals surface area contributed by atoms with Crippen LogP contribution in [0.5, 0.6) is 0 Å². The van der Waals surface area contributed by atoms with E-state index in [1.54, 1.807) is 7.11 Å². The molecule has 0 heterocycles. The highest BCUT2D eigenvalue weighted by atomic mass is 32.2. The molecule has 0 N–H and O–H groups in total. The zero-order valence-corrected chi connectivity index (χ0v) is 6.52. The van der Waals surface area contributed by atoms with Crippen molar-refractivity contribution < 1.29 is 8.62 Å². The van der Waals surface area contributed by atoms with Crippen LogP contribution in [-0.4, -0.2) is 24.6 Å². The number of ether oxygens (including phenoxy) is 1. The lowest BCUT2D eigenvalue weighted by molar-refractivity contribution is 0.191. The quantitative estimate of drug-likeness (QED) is 0.576. The molecule has 0 bridgehead atoms. The lowest BCUT2D eigenvalue weighted by atomic mass is 10.8. The SMILES string of the molecule is COC(CSF)SC. The Labute approximate surface area is 57.7 Å². The third kappa shape index (κ3) is 3.57. The normalized spacial score (nSPS) is 13.9. The van der Waals surface area contributed by atoms with E-state index in [-0.39, 0.29) is 5.44 Å². The number of thioether (sulfide) groups is 1. The summed E-state index contributed by atoms with van der Waals surface area (Å²) in [6.07, 6.45) is 1.89. The molecule has 0 amide bonds. The highest BCUT2D eigenvalue weighted by Gasteiger charge is 2.02. The summed E-state index contributed by atoms with van der Waals surface area (Å²) in [4.78, 5) is 0. The number of halogens is 1. The molecular weight excluding hydrogens is 147 g/mol. The van der Waals surface area contributed by atoms with Crippen LogP contribution in [0, 0.1) is 0 Å². The van der Waals surface area contributed by atoms with Crippen LogP contribution >= 0.6 is 23.9 Å². The van der Waals surface area contributed by atoms with Crippen LogP contribution in [0.4, 0.5) is 3.89 Å². The smallest absolute Gasteiger partial charge is 0.114 e. The van der Waals surface area contributed by atoms with Crippen LogP contribution in [0.2, 0.25) is 0 Å². The van der Waals surface area contributed by atoms with Gasteiger partial charge < -0.3 is 4.74 Å². The monoisotopic (exact) mass is 156 g/mol. The van der Waals surface area contributed by atoms with Crippen molar-refractivity contribution in [2.45, 2.75) is 5.44 Å². The molecule has 4 heteroatoms. The van der Waals surface area contributed by atoms with Crippen LogP contribution < -0.4 is 0 Å². The minimum atomic E-state index is 0.00463. The predicted molar refractivity (Wildman–Crippen MR) is 37.9 cm³/mol. The number of hydrogen-bond donors (Lipinski definition) is 0.